The van der Waals surface area contributed by atoms with Gasteiger partial charge in [-0.1, -0.05) is 60.1 Å². The van der Waals surface area contributed by atoms with Crippen molar-refractivity contribution in [3.63, 3.8) is 0 Å². The van der Waals surface area contributed by atoms with E-state index >= 15 is 0 Å². The van der Waals surface area contributed by atoms with Crippen molar-refractivity contribution < 1.29 is 4.79 Å². The zero-order valence-corrected chi connectivity index (χ0v) is 15.7. The third kappa shape index (κ3) is 3.98. The Labute approximate surface area is 163 Å². The molecule has 27 heavy (non-hydrogen) atoms. The summed E-state index contributed by atoms with van der Waals surface area (Å²) in [6.45, 7) is 2.92. The van der Waals surface area contributed by atoms with Crippen LogP contribution in [0.25, 0.3) is 11.3 Å². The first kappa shape index (κ1) is 17.6. The van der Waals surface area contributed by atoms with E-state index in [1.807, 2.05) is 47.4 Å². The predicted octanol–water partition coefficient (Wildman–Crippen LogP) is 3.62. The maximum Gasteiger partial charge on any atom is 0.227 e. The molecule has 1 aliphatic rings. The maximum atomic E-state index is 12.6. The van der Waals surface area contributed by atoms with E-state index in [0.717, 1.165) is 35.7 Å². The van der Waals surface area contributed by atoms with E-state index < -0.39 is 0 Å². The smallest absolute Gasteiger partial charge is 0.227 e. The van der Waals surface area contributed by atoms with Gasteiger partial charge in [-0.05, 0) is 17.2 Å². The lowest BCUT2D eigenvalue weighted by Crippen LogP contribution is -2.49. The van der Waals surface area contributed by atoms with Crippen LogP contribution in [0.1, 0.15) is 5.56 Å². The van der Waals surface area contributed by atoms with Crippen molar-refractivity contribution in [2.45, 2.75) is 6.42 Å². The third-order valence-corrected chi connectivity index (χ3v) is 5.27. The van der Waals surface area contributed by atoms with E-state index in [4.69, 9.17) is 11.6 Å². The Morgan fingerprint density at radius 3 is 2.44 bits per heavy atom. The quantitative estimate of drug-likeness (QED) is 0.752. The highest BCUT2D eigenvalue weighted by atomic mass is 35.5. The molecule has 1 saturated heterocycles. The highest BCUT2D eigenvalue weighted by Crippen LogP contribution is 2.23. The average Bonchev–Trinajstić information content (AvgIpc) is 3.21. The van der Waals surface area contributed by atoms with Gasteiger partial charge in [-0.25, -0.2) is 0 Å². The van der Waals surface area contributed by atoms with Gasteiger partial charge in [0.05, 0.1) is 12.1 Å². The molecule has 138 valence electrons. The van der Waals surface area contributed by atoms with Crippen LogP contribution in [0.2, 0.25) is 5.02 Å². The minimum atomic E-state index is 0.120. The molecule has 0 spiro atoms. The fourth-order valence-corrected chi connectivity index (χ4v) is 3.54. The first-order chi connectivity index (χ1) is 13.2. The first-order valence-corrected chi connectivity index (χ1v) is 9.45. The monoisotopic (exact) mass is 380 g/mol. The van der Waals surface area contributed by atoms with Crippen molar-refractivity contribution >= 4 is 23.3 Å². The van der Waals surface area contributed by atoms with Gasteiger partial charge >= 0.3 is 0 Å². The molecule has 4 rings (SSSR count). The van der Waals surface area contributed by atoms with Crippen LogP contribution >= 0.6 is 11.6 Å². The maximum absolute atomic E-state index is 12.6. The molecular weight excluding hydrogens is 360 g/mol. The van der Waals surface area contributed by atoms with Gasteiger partial charge in [-0.15, -0.1) is 0 Å². The van der Waals surface area contributed by atoms with E-state index in [1.54, 1.807) is 0 Å². The molecule has 2 heterocycles. The van der Waals surface area contributed by atoms with Crippen molar-refractivity contribution in [1.29, 1.82) is 0 Å². The SMILES string of the molecule is O=C(Cc1ccccc1Cl)N1CCN(c2cc(-c3ccccc3)[nH]n2)CC1. The molecule has 0 saturated carbocycles. The van der Waals surface area contributed by atoms with Crippen LogP contribution in [0, 0.1) is 0 Å². The number of hydrogen-bond acceptors (Lipinski definition) is 3. The molecule has 0 radical (unpaired) electrons. The molecule has 1 fully saturated rings. The lowest BCUT2D eigenvalue weighted by atomic mass is 10.1. The lowest BCUT2D eigenvalue weighted by Gasteiger charge is -2.34. The van der Waals surface area contributed by atoms with Crippen LogP contribution in [0.4, 0.5) is 5.82 Å². The van der Waals surface area contributed by atoms with Gasteiger partial charge in [0.15, 0.2) is 5.82 Å². The Morgan fingerprint density at radius 1 is 1.00 bits per heavy atom. The summed E-state index contributed by atoms with van der Waals surface area (Å²) in [5.74, 6) is 1.04. The van der Waals surface area contributed by atoms with Crippen LogP contribution in [0.15, 0.2) is 60.7 Å². The second kappa shape index (κ2) is 7.84. The van der Waals surface area contributed by atoms with Gasteiger partial charge in [0.2, 0.25) is 5.91 Å². The number of hydrogen-bond donors (Lipinski definition) is 1. The molecule has 0 atom stereocenters. The summed E-state index contributed by atoms with van der Waals surface area (Å²) in [6.07, 6.45) is 0.347. The Balaban J connectivity index is 1.36. The van der Waals surface area contributed by atoms with Crippen molar-refractivity contribution in [3.8, 4) is 11.3 Å². The summed E-state index contributed by atoms with van der Waals surface area (Å²) in [4.78, 5) is 16.7. The molecule has 1 aromatic heterocycles. The molecule has 6 heteroatoms. The molecule has 1 N–H and O–H groups in total. The Bertz CT molecular complexity index is 917. The van der Waals surface area contributed by atoms with Gasteiger partial charge in [0.25, 0.3) is 0 Å². The van der Waals surface area contributed by atoms with Crippen LogP contribution in [0.5, 0.6) is 0 Å². The van der Waals surface area contributed by atoms with Gasteiger partial charge in [-0.2, -0.15) is 5.10 Å². The number of anilines is 1. The van der Waals surface area contributed by atoms with Gasteiger partial charge in [-0.3, -0.25) is 9.89 Å². The topological polar surface area (TPSA) is 52.2 Å². The second-order valence-corrected chi connectivity index (χ2v) is 7.05. The van der Waals surface area contributed by atoms with Gasteiger partial charge in [0.1, 0.15) is 0 Å². The van der Waals surface area contributed by atoms with E-state index in [2.05, 4.69) is 33.3 Å². The normalized spacial score (nSPS) is 14.4. The fourth-order valence-electron chi connectivity index (χ4n) is 3.34. The summed E-state index contributed by atoms with van der Waals surface area (Å²) in [7, 11) is 0. The fraction of sp³-hybridized carbons (Fsp3) is 0.238. The van der Waals surface area contributed by atoms with Crippen molar-refractivity contribution in [2.24, 2.45) is 0 Å². The van der Waals surface area contributed by atoms with Gasteiger partial charge in [0, 0.05) is 37.3 Å². The number of amides is 1. The molecule has 5 nitrogen and oxygen atoms in total. The number of carbonyl (C=O) groups excluding carboxylic acids is 1. The highest BCUT2D eigenvalue weighted by molar-refractivity contribution is 6.31. The zero-order chi connectivity index (χ0) is 18.6. The highest BCUT2D eigenvalue weighted by Gasteiger charge is 2.23. The summed E-state index contributed by atoms with van der Waals surface area (Å²) in [5.41, 5.74) is 3.00. The number of benzene rings is 2. The molecule has 3 aromatic rings. The molecule has 2 aromatic carbocycles. The van der Waals surface area contributed by atoms with E-state index in [1.165, 1.54) is 0 Å². The molecular formula is C21H21ClN4O. The van der Waals surface area contributed by atoms with Gasteiger partial charge < -0.3 is 9.80 Å². The second-order valence-electron chi connectivity index (χ2n) is 6.64. The molecule has 0 bridgehead atoms. The van der Waals surface area contributed by atoms with Crippen LogP contribution in [-0.4, -0.2) is 47.2 Å². The zero-order valence-electron chi connectivity index (χ0n) is 14.9. The Morgan fingerprint density at radius 2 is 1.70 bits per heavy atom. The summed E-state index contributed by atoms with van der Waals surface area (Å²) < 4.78 is 0. The lowest BCUT2D eigenvalue weighted by molar-refractivity contribution is -0.130. The third-order valence-electron chi connectivity index (χ3n) is 4.91. The largest absolute Gasteiger partial charge is 0.352 e. The van der Waals surface area contributed by atoms with Crippen LogP contribution in [0.3, 0.4) is 0 Å². The minimum absolute atomic E-state index is 0.120. The minimum Gasteiger partial charge on any atom is -0.352 e. The standard InChI is InChI=1S/C21H21ClN4O/c22-18-9-5-4-8-17(18)14-21(27)26-12-10-25(11-13-26)20-15-19(23-24-20)16-6-2-1-3-7-16/h1-9,15H,10-14H2,(H,23,24). The first-order valence-electron chi connectivity index (χ1n) is 9.07. The number of aromatic amines is 1. The Hall–Kier alpha value is -2.79. The molecule has 0 unspecified atom stereocenters. The molecule has 0 aliphatic carbocycles. The number of nitrogens with zero attached hydrogens (tertiary/aromatic N) is 3. The average molecular weight is 381 g/mol. The van der Waals surface area contributed by atoms with Crippen molar-refractivity contribution in [3.05, 3.63) is 71.2 Å². The summed E-state index contributed by atoms with van der Waals surface area (Å²) in [6, 6.07) is 19.7. The van der Waals surface area contributed by atoms with E-state index in [-0.39, 0.29) is 5.91 Å². The Kier molecular flexibility index (Phi) is 5.12. The number of piperazine rings is 1. The van der Waals surface area contributed by atoms with Crippen molar-refractivity contribution in [2.75, 3.05) is 31.1 Å². The van der Waals surface area contributed by atoms with Crippen LogP contribution in [-0.2, 0) is 11.2 Å². The van der Waals surface area contributed by atoms with Crippen molar-refractivity contribution in [1.82, 2.24) is 15.1 Å². The molecule has 1 amide bonds. The number of rotatable bonds is 4. The van der Waals surface area contributed by atoms with Crippen LogP contribution < -0.4 is 4.90 Å². The number of carbonyl (C=O) groups is 1. The molecule has 1 aliphatic heterocycles. The summed E-state index contributed by atoms with van der Waals surface area (Å²) >= 11 is 6.17. The predicted molar refractivity (Wildman–Crippen MR) is 108 cm³/mol. The number of H-pyrrole nitrogens is 1. The number of halogens is 1. The van der Waals surface area contributed by atoms with E-state index in [0.29, 0.717) is 24.5 Å². The summed E-state index contributed by atoms with van der Waals surface area (Å²) in [5, 5.41) is 8.20. The number of nitrogens with one attached hydrogen (secondary N) is 1. The van der Waals surface area contributed by atoms with E-state index in [9.17, 15) is 4.79 Å². The number of aromatic nitrogens is 2.